The summed E-state index contributed by atoms with van der Waals surface area (Å²) in [7, 11) is 2.16. The standard InChI is InChI=1S/C40H33N4O/c1-25(2)32-23-29(27-14-16-28(17-15-27)33-24-41-21-22-42-33)18-20-34(32)44-36-11-7-6-10-35(36)43(4)40(44)38-26(3)13-19-31-30-9-5-8-12-37(30)45-39(31)38/h5-25H,1-4H3/q+1. The Hall–Kier alpha value is -5.55. The topological polar surface area (TPSA) is 47.7 Å². The third-order valence-corrected chi connectivity index (χ3v) is 8.96. The first-order valence-electron chi connectivity index (χ1n) is 15.4. The average Bonchev–Trinajstić information content (AvgIpc) is 3.60. The van der Waals surface area contributed by atoms with Crippen LogP contribution in [-0.4, -0.2) is 14.5 Å². The summed E-state index contributed by atoms with van der Waals surface area (Å²) in [5, 5.41) is 2.27. The third-order valence-electron chi connectivity index (χ3n) is 8.96. The highest BCUT2D eigenvalue weighted by atomic mass is 16.3. The van der Waals surface area contributed by atoms with Crippen molar-refractivity contribution in [2.45, 2.75) is 26.7 Å². The lowest BCUT2D eigenvalue weighted by molar-refractivity contribution is -0.633. The normalized spacial score (nSPS) is 11.8. The smallest absolute Gasteiger partial charge is 0.298 e. The Morgan fingerprint density at radius 2 is 1.51 bits per heavy atom. The van der Waals surface area contributed by atoms with Gasteiger partial charge in [0.2, 0.25) is 0 Å². The van der Waals surface area contributed by atoms with E-state index in [2.05, 4.69) is 144 Å². The molecule has 0 amide bonds. The van der Waals surface area contributed by atoms with Crippen molar-refractivity contribution in [1.82, 2.24) is 14.5 Å². The molecule has 0 bridgehead atoms. The zero-order chi connectivity index (χ0) is 30.7. The van der Waals surface area contributed by atoms with Crippen LogP contribution in [-0.2, 0) is 7.05 Å². The number of hydrogen-bond acceptors (Lipinski definition) is 3. The molecule has 0 aliphatic rings. The maximum absolute atomic E-state index is 6.62. The van der Waals surface area contributed by atoms with Gasteiger partial charge in [0.15, 0.2) is 16.6 Å². The number of fused-ring (bicyclic) bond motifs is 4. The van der Waals surface area contributed by atoms with Gasteiger partial charge in [0, 0.05) is 34.3 Å². The predicted octanol–water partition coefficient (Wildman–Crippen LogP) is 9.58. The van der Waals surface area contributed by atoms with Crippen LogP contribution in [0.3, 0.4) is 0 Å². The predicted molar refractivity (Wildman–Crippen MR) is 182 cm³/mol. The van der Waals surface area contributed by atoms with E-state index in [1.54, 1.807) is 18.6 Å². The molecule has 0 unspecified atom stereocenters. The van der Waals surface area contributed by atoms with Gasteiger partial charge >= 0.3 is 0 Å². The van der Waals surface area contributed by atoms with Gasteiger partial charge in [-0.15, -0.1) is 0 Å². The van der Waals surface area contributed by atoms with E-state index < -0.39 is 0 Å². The van der Waals surface area contributed by atoms with E-state index in [0.717, 1.165) is 50.1 Å². The molecule has 0 spiro atoms. The lowest BCUT2D eigenvalue weighted by Crippen LogP contribution is -2.30. The highest BCUT2D eigenvalue weighted by Gasteiger charge is 2.31. The SMILES string of the molecule is Cc1ccc2c(oc3ccccc32)c1-c1n(-c2ccc(-c3ccc(-c4cnccn4)cc3)cc2C(C)C)c2ccccc2[n+]1C. The van der Waals surface area contributed by atoms with Gasteiger partial charge < -0.3 is 4.42 Å². The summed E-state index contributed by atoms with van der Waals surface area (Å²) in [6.07, 6.45) is 5.23. The molecule has 0 saturated carbocycles. The summed E-state index contributed by atoms with van der Waals surface area (Å²) in [6.45, 7) is 6.73. The second-order valence-electron chi connectivity index (χ2n) is 12.0. The Bertz CT molecular complexity index is 2360. The summed E-state index contributed by atoms with van der Waals surface area (Å²) in [5.74, 6) is 1.39. The van der Waals surface area contributed by atoms with Crippen LogP contribution in [0, 0.1) is 6.92 Å². The van der Waals surface area contributed by atoms with E-state index in [1.165, 1.54) is 33.5 Å². The second kappa shape index (κ2) is 10.6. The summed E-state index contributed by atoms with van der Waals surface area (Å²) >= 11 is 0. The minimum absolute atomic E-state index is 0.293. The Kier molecular flexibility index (Phi) is 6.35. The number of rotatable bonds is 5. The molecule has 0 atom stereocenters. The number of benzene rings is 5. The number of nitrogens with zero attached hydrogens (tertiary/aromatic N) is 4. The molecule has 0 radical (unpaired) electrons. The average molecular weight is 586 g/mol. The van der Waals surface area contributed by atoms with Crippen molar-refractivity contribution >= 4 is 33.0 Å². The minimum Gasteiger partial charge on any atom is -0.455 e. The monoisotopic (exact) mass is 585 g/mol. The molecule has 0 fully saturated rings. The van der Waals surface area contributed by atoms with Crippen LogP contribution in [0.5, 0.6) is 0 Å². The number of hydrogen-bond donors (Lipinski definition) is 0. The third kappa shape index (κ3) is 4.34. The van der Waals surface area contributed by atoms with Gasteiger partial charge in [0.05, 0.1) is 18.9 Å². The van der Waals surface area contributed by atoms with Gasteiger partial charge in [0.1, 0.15) is 16.8 Å². The Morgan fingerprint density at radius 1 is 0.756 bits per heavy atom. The Labute approximate surface area is 262 Å². The quantitative estimate of drug-likeness (QED) is 0.189. The summed E-state index contributed by atoms with van der Waals surface area (Å²) in [6, 6.07) is 36.8. The lowest BCUT2D eigenvalue weighted by atomic mass is 9.94. The maximum atomic E-state index is 6.62. The van der Waals surface area contributed by atoms with E-state index in [0.29, 0.717) is 5.92 Å². The van der Waals surface area contributed by atoms with Crippen molar-refractivity contribution in [3.05, 3.63) is 133 Å². The molecule has 5 aromatic carbocycles. The van der Waals surface area contributed by atoms with Crippen LogP contribution in [0.4, 0.5) is 0 Å². The molecule has 3 heterocycles. The van der Waals surface area contributed by atoms with Crippen LogP contribution in [0.15, 0.2) is 126 Å². The van der Waals surface area contributed by atoms with Gasteiger partial charge in [-0.3, -0.25) is 9.97 Å². The van der Waals surface area contributed by atoms with Crippen LogP contribution in [0.2, 0.25) is 0 Å². The zero-order valence-electron chi connectivity index (χ0n) is 25.8. The number of para-hydroxylation sites is 3. The van der Waals surface area contributed by atoms with Crippen LogP contribution >= 0.6 is 0 Å². The lowest BCUT2D eigenvalue weighted by Gasteiger charge is -2.15. The molecular formula is C40H33N4O+. The molecule has 0 N–H and O–H groups in total. The van der Waals surface area contributed by atoms with Crippen molar-refractivity contribution in [2.24, 2.45) is 7.05 Å². The number of furan rings is 1. The van der Waals surface area contributed by atoms with Crippen LogP contribution in [0.1, 0.15) is 30.9 Å². The number of imidazole rings is 1. The summed E-state index contributed by atoms with van der Waals surface area (Å²) in [4.78, 5) is 8.68. The van der Waals surface area contributed by atoms with E-state index in [-0.39, 0.29) is 0 Å². The molecule has 5 heteroatoms. The number of aromatic nitrogens is 4. The molecule has 0 aliphatic carbocycles. The maximum Gasteiger partial charge on any atom is 0.298 e. The van der Waals surface area contributed by atoms with E-state index in [9.17, 15) is 0 Å². The Balaban J connectivity index is 1.35. The van der Waals surface area contributed by atoms with Gasteiger partial charge in [-0.25, -0.2) is 4.57 Å². The molecule has 0 aliphatic heterocycles. The fraction of sp³-hybridized carbons (Fsp3) is 0.125. The van der Waals surface area contributed by atoms with Crippen molar-refractivity contribution in [1.29, 1.82) is 0 Å². The summed E-state index contributed by atoms with van der Waals surface area (Å²) < 4.78 is 11.4. The highest BCUT2D eigenvalue weighted by Crippen LogP contribution is 2.40. The van der Waals surface area contributed by atoms with E-state index in [4.69, 9.17) is 4.42 Å². The molecule has 0 saturated heterocycles. The van der Waals surface area contributed by atoms with Gasteiger partial charge in [-0.1, -0.05) is 86.6 Å². The van der Waals surface area contributed by atoms with Crippen molar-refractivity contribution in [3.8, 4) is 39.5 Å². The highest BCUT2D eigenvalue weighted by molar-refractivity contribution is 6.09. The molecule has 3 aromatic heterocycles. The van der Waals surface area contributed by atoms with Crippen molar-refractivity contribution in [3.63, 3.8) is 0 Å². The molecule has 8 rings (SSSR count). The second-order valence-corrected chi connectivity index (χ2v) is 12.0. The van der Waals surface area contributed by atoms with Crippen LogP contribution in [0.25, 0.3) is 72.4 Å². The van der Waals surface area contributed by atoms with Crippen molar-refractivity contribution in [2.75, 3.05) is 0 Å². The first-order valence-corrected chi connectivity index (χ1v) is 15.4. The molecule has 8 aromatic rings. The zero-order valence-corrected chi connectivity index (χ0v) is 25.8. The van der Waals surface area contributed by atoms with Crippen LogP contribution < -0.4 is 4.57 Å². The first kappa shape index (κ1) is 27.0. The van der Waals surface area contributed by atoms with Gasteiger partial charge in [-0.2, -0.15) is 4.57 Å². The van der Waals surface area contributed by atoms with E-state index in [1.807, 2.05) is 6.07 Å². The molecular weight excluding hydrogens is 552 g/mol. The molecule has 218 valence electrons. The first-order chi connectivity index (χ1) is 22.0. The fourth-order valence-electron chi connectivity index (χ4n) is 6.69. The van der Waals surface area contributed by atoms with Gasteiger partial charge in [-0.05, 0) is 59.9 Å². The Morgan fingerprint density at radius 3 is 2.31 bits per heavy atom. The fourth-order valence-corrected chi connectivity index (χ4v) is 6.69. The van der Waals surface area contributed by atoms with Crippen molar-refractivity contribution < 1.29 is 8.98 Å². The minimum atomic E-state index is 0.293. The largest absolute Gasteiger partial charge is 0.455 e. The summed E-state index contributed by atoms with van der Waals surface area (Å²) in [5.41, 5.74) is 13.2. The molecule has 45 heavy (non-hydrogen) atoms. The number of aryl methyl sites for hydroxylation is 2. The van der Waals surface area contributed by atoms with E-state index >= 15 is 0 Å². The van der Waals surface area contributed by atoms with Gasteiger partial charge in [0.25, 0.3) is 5.82 Å². The molecule has 5 nitrogen and oxygen atoms in total.